The Labute approximate surface area is 123 Å². The maximum Gasteiger partial charge on any atom is 0.336 e. The fourth-order valence-electron chi connectivity index (χ4n) is 2.18. The lowest BCUT2D eigenvalue weighted by molar-refractivity contribution is 0.0696. The predicted molar refractivity (Wildman–Crippen MR) is 81.3 cm³/mol. The lowest BCUT2D eigenvalue weighted by atomic mass is 10.1. The lowest BCUT2D eigenvalue weighted by Gasteiger charge is -2.15. The zero-order valence-corrected chi connectivity index (χ0v) is 12.1. The molecule has 1 heterocycles. The highest BCUT2D eigenvalue weighted by Gasteiger charge is 2.16. The van der Waals surface area contributed by atoms with E-state index < -0.39 is 5.97 Å². The topological polar surface area (TPSA) is 70.6 Å². The number of aromatic carboxylic acids is 1. The van der Waals surface area contributed by atoms with Gasteiger partial charge in [-0.1, -0.05) is 6.07 Å². The third kappa shape index (κ3) is 3.68. The second-order valence-electron chi connectivity index (χ2n) is 4.75. The van der Waals surface area contributed by atoms with Crippen molar-refractivity contribution in [1.82, 2.24) is 5.32 Å². The zero-order chi connectivity index (χ0) is 14.5. The minimum Gasteiger partial charge on any atom is -0.478 e. The second-order valence-corrected chi connectivity index (χ2v) is 5.16. The van der Waals surface area contributed by atoms with Crippen molar-refractivity contribution in [2.24, 2.45) is 0 Å². The number of nitrogens with one attached hydrogen (secondary N) is 2. The first-order valence-corrected chi connectivity index (χ1v) is 6.98. The molecule has 0 amide bonds. The molecule has 0 bridgehead atoms. The Morgan fingerprint density at radius 2 is 2.35 bits per heavy atom. The summed E-state index contributed by atoms with van der Waals surface area (Å²) in [5.74, 6) is -0.940. The first kappa shape index (κ1) is 14.7. The van der Waals surface area contributed by atoms with Crippen LogP contribution in [0.5, 0.6) is 0 Å². The van der Waals surface area contributed by atoms with Crippen LogP contribution in [0, 0.1) is 6.92 Å². The van der Waals surface area contributed by atoms with Gasteiger partial charge in [0.1, 0.15) is 0 Å². The molecule has 1 fully saturated rings. The summed E-state index contributed by atoms with van der Waals surface area (Å²) in [6.07, 6.45) is 2.34. The van der Waals surface area contributed by atoms with Crippen LogP contribution >= 0.6 is 12.2 Å². The van der Waals surface area contributed by atoms with Crippen LogP contribution in [0.15, 0.2) is 18.2 Å². The molecule has 108 valence electrons. The van der Waals surface area contributed by atoms with Gasteiger partial charge >= 0.3 is 5.97 Å². The predicted octanol–water partition coefficient (Wildman–Crippen LogP) is 2.16. The van der Waals surface area contributed by atoms with Crippen molar-refractivity contribution < 1.29 is 14.6 Å². The van der Waals surface area contributed by atoms with Crippen molar-refractivity contribution in [1.29, 1.82) is 0 Å². The molecule has 0 saturated carbocycles. The number of thiocarbonyl (C=S) groups is 1. The molecular weight excluding hydrogens is 276 g/mol. The molecule has 6 heteroatoms. The molecule has 20 heavy (non-hydrogen) atoms. The minimum absolute atomic E-state index is 0.209. The van der Waals surface area contributed by atoms with Crippen molar-refractivity contribution in [2.45, 2.75) is 25.9 Å². The number of carboxylic acid groups (broad SMARTS) is 1. The first-order valence-electron chi connectivity index (χ1n) is 6.57. The number of carboxylic acids is 1. The molecule has 1 saturated heterocycles. The Balaban J connectivity index is 1.93. The summed E-state index contributed by atoms with van der Waals surface area (Å²) in [5.41, 5.74) is 1.65. The van der Waals surface area contributed by atoms with E-state index in [2.05, 4.69) is 10.6 Å². The summed E-state index contributed by atoms with van der Waals surface area (Å²) >= 11 is 5.21. The van der Waals surface area contributed by atoms with E-state index in [0.717, 1.165) is 19.4 Å². The molecule has 1 aromatic carbocycles. The fourth-order valence-corrected chi connectivity index (χ4v) is 2.37. The Morgan fingerprint density at radius 3 is 3.00 bits per heavy atom. The van der Waals surface area contributed by atoms with Gasteiger partial charge in [-0.3, -0.25) is 0 Å². The van der Waals surface area contributed by atoms with Crippen molar-refractivity contribution in [2.75, 3.05) is 18.5 Å². The third-order valence-electron chi connectivity index (χ3n) is 3.33. The van der Waals surface area contributed by atoms with Crippen molar-refractivity contribution in [3.8, 4) is 0 Å². The third-order valence-corrected chi connectivity index (χ3v) is 3.57. The Kier molecular flexibility index (Phi) is 4.92. The molecule has 1 atom stereocenters. The van der Waals surface area contributed by atoms with Gasteiger partial charge in [0.25, 0.3) is 0 Å². The van der Waals surface area contributed by atoms with E-state index in [1.165, 1.54) is 0 Å². The van der Waals surface area contributed by atoms with Gasteiger partial charge in [0.15, 0.2) is 5.11 Å². The van der Waals surface area contributed by atoms with Crippen LogP contribution in [-0.4, -0.2) is 35.4 Å². The maximum absolute atomic E-state index is 11.1. The summed E-state index contributed by atoms with van der Waals surface area (Å²) in [6.45, 7) is 3.24. The number of hydrogen-bond acceptors (Lipinski definition) is 3. The highest BCUT2D eigenvalue weighted by atomic mass is 32.1. The van der Waals surface area contributed by atoms with E-state index in [1.54, 1.807) is 19.1 Å². The highest BCUT2D eigenvalue weighted by molar-refractivity contribution is 7.80. The summed E-state index contributed by atoms with van der Waals surface area (Å²) in [6, 6.07) is 5.08. The van der Waals surface area contributed by atoms with Crippen LogP contribution in [0.25, 0.3) is 0 Å². The zero-order valence-electron chi connectivity index (χ0n) is 11.3. The Bertz CT molecular complexity index is 513. The molecule has 1 aromatic rings. The second kappa shape index (κ2) is 6.67. The molecule has 1 aliphatic heterocycles. The maximum atomic E-state index is 11.1. The molecule has 5 nitrogen and oxygen atoms in total. The number of ether oxygens (including phenoxy) is 1. The Hall–Kier alpha value is -1.66. The van der Waals surface area contributed by atoms with Crippen molar-refractivity contribution in [3.05, 3.63) is 29.3 Å². The fraction of sp³-hybridized carbons (Fsp3) is 0.429. The van der Waals surface area contributed by atoms with Gasteiger partial charge in [0, 0.05) is 18.8 Å². The van der Waals surface area contributed by atoms with Gasteiger partial charge in [0.05, 0.1) is 11.7 Å². The van der Waals surface area contributed by atoms with Crippen LogP contribution in [0.2, 0.25) is 0 Å². The first-order chi connectivity index (χ1) is 9.58. The average molecular weight is 294 g/mol. The minimum atomic E-state index is -0.940. The SMILES string of the molecule is Cc1c(NC(=S)NCC2CCCO2)cccc1C(=O)O. The average Bonchev–Trinajstić information content (AvgIpc) is 2.91. The molecule has 1 unspecified atom stereocenters. The number of anilines is 1. The molecular formula is C14H18N2O3S. The van der Waals surface area contributed by atoms with E-state index in [1.807, 2.05) is 6.07 Å². The van der Waals surface area contributed by atoms with Gasteiger partial charge in [0.2, 0.25) is 0 Å². The van der Waals surface area contributed by atoms with E-state index in [0.29, 0.717) is 22.9 Å². The molecule has 0 radical (unpaired) electrons. The van der Waals surface area contributed by atoms with E-state index >= 15 is 0 Å². The number of carbonyl (C=O) groups is 1. The number of benzene rings is 1. The standard InChI is InChI=1S/C14H18N2O3S/c1-9-11(13(17)18)5-2-6-12(9)16-14(20)15-8-10-4-3-7-19-10/h2,5-6,10H,3-4,7-8H2,1H3,(H,17,18)(H2,15,16,20). The quantitative estimate of drug-likeness (QED) is 0.739. The molecule has 0 aliphatic carbocycles. The molecule has 3 N–H and O–H groups in total. The molecule has 0 spiro atoms. The van der Waals surface area contributed by atoms with Crippen LogP contribution in [0.4, 0.5) is 5.69 Å². The van der Waals surface area contributed by atoms with Crippen LogP contribution in [-0.2, 0) is 4.74 Å². The smallest absolute Gasteiger partial charge is 0.336 e. The van der Waals surface area contributed by atoms with Crippen LogP contribution < -0.4 is 10.6 Å². The van der Waals surface area contributed by atoms with Crippen LogP contribution in [0.1, 0.15) is 28.8 Å². The highest BCUT2D eigenvalue weighted by Crippen LogP contribution is 2.19. The van der Waals surface area contributed by atoms with Crippen LogP contribution in [0.3, 0.4) is 0 Å². The molecule has 1 aliphatic rings. The normalized spacial score (nSPS) is 17.8. The Morgan fingerprint density at radius 1 is 1.55 bits per heavy atom. The van der Waals surface area contributed by atoms with Gasteiger partial charge in [-0.2, -0.15) is 0 Å². The van der Waals surface area contributed by atoms with Gasteiger partial charge in [-0.15, -0.1) is 0 Å². The van der Waals surface area contributed by atoms with Gasteiger partial charge in [-0.05, 0) is 49.7 Å². The molecule has 0 aromatic heterocycles. The number of rotatable bonds is 4. The van der Waals surface area contributed by atoms with Crippen molar-refractivity contribution in [3.63, 3.8) is 0 Å². The van der Waals surface area contributed by atoms with Gasteiger partial charge in [-0.25, -0.2) is 4.79 Å². The largest absolute Gasteiger partial charge is 0.478 e. The monoisotopic (exact) mass is 294 g/mol. The summed E-state index contributed by atoms with van der Waals surface area (Å²) in [7, 11) is 0. The number of hydrogen-bond donors (Lipinski definition) is 3. The molecule has 2 rings (SSSR count). The van der Waals surface area contributed by atoms with Gasteiger partial charge < -0.3 is 20.5 Å². The lowest BCUT2D eigenvalue weighted by Crippen LogP contribution is -2.35. The summed E-state index contributed by atoms with van der Waals surface area (Å²) in [5, 5.41) is 15.7. The summed E-state index contributed by atoms with van der Waals surface area (Å²) in [4.78, 5) is 11.1. The van der Waals surface area contributed by atoms with E-state index in [4.69, 9.17) is 22.1 Å². The van der Waals surface area contributed by atoms with E-state index in [-0.39, 0.29) is 11.7 Å². The summed E-state index contributed by atoms with van der Waals surface area (Å²) < 4.78 is 5.50. The van der Waals surface area contributed by atoms with Crippen molar-refractivity contribution >= 4 is 29.0 Å². The van der Waals surface area contributed by atoms with E-state index in [9.17, 15) is 4.79 Å².